The van der Waals surface area contributed by atoms with Gasteiger partial charge in [0.1, 0.15) is 29.3 Å². The lowest BCUT2D eigenvalue weighted by molar-refractivity contribution is -0.152. The molecule has 1 fully saturated rings. The van der Waals surface area contributed by atoms with Gasteiger partial charge in [0.2, 0.25) is 0 Å². The molecule has 9 heteroatoms. The second-order valence-corrected chi connectivity index (χ2v) is 10.3. The van der Waals surface area contributed by atoms with Crippen LogP contribution in [0.25, 0.3) is 6.08 Å². The second-order valence-electron chi connectivity index (χ2n) is 10.3. The van der Waals surface area contributed by atoms with E-state index in [-0.39, 0.29) is 30.0 Å². The summed E-state index contributed by atoms with van der Waals surface area (Å²) in [5.41, 5.74) is 0.994. The maximum absolute atomic E-state index is 13.0. The number of phenols is 1. The summed E-state index contributed by atoms with van der Waals surface area (Å²) in [7, 11) is 1.46. The third-order valence-corrected chi connectivity index (χ3v) is 6.02. The van der Waals surface area contributed by atoms with E-state index in [1.54, 1.807) is 58.0 Å². The molecule has 0 spiro atoms. The zero-order chi connectivity index (χ0) is 30.0. The number of carbonyl (C=O) groups is 2. The molecule has 0 bridgehead atoms. The molecule has 3 atom stereocenters. The smallest absolute Gasteiger partial charge is 0.342 e. The highest BCUT2D eigenvalue weighted by Crippen LogP contribution is 2.35. The number of hydrogen-bond donors (Lipinski definition) is 1. The summed E-state index contributed by atoms with van der Waals surface area (Å²) in [6.45, 7) is 8.97. The molecular weight excluding hydrogens is 528 g/mol. The lowest BCUT2D eigenvalue weighted by Gasteiger charge is -2.24. The molecule has 1 saturated heterocycles. The number of hydrogen-bond acceptors (Lipinski definition) is 9. The molecule has 222 valence electrons. The molecule has 41 heavy (non-hydrogen) atoms. The minimum Gasteiger partial charge on any atom is -0.508 e. The van der Waals surface area contributed by atoms with Crippen LogP contribution in [0.4, 0.5) is 0 Å². The van der Waals surface area contributed by atoms with Crippen molar-refractivity contribution in [1.29, 1.82) is 0 Å². The number of methoxy groups -OCH3 is 1. The fraction of sp³-hybridized carbons (Fsp3) is 0.438. The van der Waals surface area contributed by atoms with Crippen molar-refractivity contribution in [2.75, 3.05) is 13.9 Å². The summed E-state index contributed by atoms with van der Waals surface area (Å²) < 4.78 is 34.3. The summed E-state index contributed by atoms with van der Waals surface area (Å²) in [5.74, 6) is -1.93. The van der Waals surface area contributed by atoms with Crippen molar-refractivity contribution in [3.05, 3.63) is 77.4 Å². The molecule has 3 rings (SSSR count). The van der Waals surface area contributed by atoms with Crippen LogP contribution in [0.3, 0.4) is 0 Å². The highest BCUT2D eigenvalue weighted by molar-refractivity contribution is 5.97. The van der Waals surface area contributed by atoms with E-state index in [1.807, 2.05) is 31.2 Å². The molecule has 0 aliphatic carbocycles. The zero-order valence-corrected chi connectivity index (χ0v) is 24.5. The Morgan fingerprint density at radius 1 is 1.05 bits per heavy atom. The summed E-state index contributed by atoms with van der Waals surface area (Å²) in [4.78, 5) is 25.9. The predicted octanol–water partition coefficient (Wildman–Crippen LogP) is 6.06. The van der Waals surface area contributed by atoms with Crippen molar-refractivity contribution in [3.8, 4) is 11.5 Å². The lowest BCUT2D eigenvalue weighted by Crippen LogP contribution is -2.37. The molecule has 1 aliphatic rings. The van der Waals surface area contributed by atoms with Gasteiger partial charge in [-0.05, 0) is 70.4 Å². The van der Waals surface area contributed by atoms with Crippen molar-refractivity contribution in [1.82, 2.24) is 0 Å². The monoisotopic (exact) mass is 568 g/mol. The first-order valence-electron chi connectivity index (χ1n) is 13.7. The number of esters is 2. The first-order valence-corrected chi connectivity index (χ1v) is 13.7. The zero-order valence-electron chi connectivity index (χ0n) is 24.5. The largest absolute Gasteiger partial charge is 0.508 e. The molecule has 0 radical (unpaired) electrons. The normalized spacial score (nSPS) is 19.1. The minimum atomic E-state index is -0.918. The van der Waals surface area contributed by atoms with Crippen molar-refractivity contribution in [3.63, 3.8) is 0 Å². The average Bonchev–Trinajstić information content (AvgIpc) is 3.23. The Morgan fingerprint density at radius 2 is 1.78 bits per heavy atom. The molecule has 9 nitrogen and oxygen atoms in total. The van der Waals surface area contributed by atoms with E-state index in [1.165, 1.54) is 19.2 Å². The second kappa shape index (κ2) is 14.8. The average molecular weight is 569 g/mol. The number of aromatic hydroxyl groups is 1. The van der Waals surface area contributed by atoms with E-state index in [0.717, 1.165) is 6.42 Å². The standard InChI is InChI=1S/C32H40O9/c1-7-8-16-25(39-30(34)22-13-10-9-11-14-22)29-26(40-32(4,5)41-29)17-12-15-23-18-24(33)19-27(37-20-36-6)28(23)31(35)38-21(2)3/h8-16,18-19,21,25-26,29,33H,7,17,20H2,1-6H3/b15-12+,16-8-/t25?,26-,29+/m0/s1. The van der Waals surface area contributed by atoms with Crippen LogP contribution in [0.1, 0.15) is 73.7 Å². The Hall–Kier alpha value is -3.66. The molecule has 0 saturated carbocycles. The van der Waals surface area contributed by atoms with Crippen LogP contribution in [0.2, 0.25) is 0 Å². The third kappa shape index (κ3) is 9.18. The number of benzene rings is 2. The van der Waals surface area contributed by atoms with Crippen LogP contribution in [0, 0.1) is 0 Å². The van der Waals surface area contributed by atoms with Crippen LogP contribution in [0.15, 0.2) is 60.7 Å². The van der Waals surface area contributed by atoms with E-state index >= 15 is 0 Å². The molecule has 1 unspecified atom stereocenters. The van der Waals surface area contributed by atoms with Gasteiger partial charge in [0, 0.05) is 13.2 Å². The van der Waals surface area contributed by atoms with Crippen LogP contribution >= 0.6 is 0 Å². The van der Waals surface area contributed by atoms with Gasteiger partial charge < -0.3 is 33.5 Å². The summed E-state index contributed by atoms with van der Waals surface area (Å²) in [5, 5.41) is 10.3. The molecule has 1 aliphatic heterocycles. The van der Waals surface area contributed by atoms with Crippen LogP contribution < -0.4 is 4.74 Å². The first kappa shape index (κ1) is 31.9. The van der Waals surface area contributed by atoms with Gasteiger partial charge in [-0.2, -0.15) is 0 Å². The Morgan fingerprint density at radius 3 is 2.44 bits per heavy atom. The molecule has 1 N–H and O–H groups in total. The topological polar surface area (TPSA) is 110 Å². The first-order chi connectivity index (χ1) is 19.5. The van der Waals surface area contributed by atoms with Crippen molar-refractivity contribution in [2.24, 2.45) is 0 Å². The van der Waals surface area contributed by atoms with E-state index in [0.29, 0.717) is 17.5 Å². The molecule has 1 heterocycles. The molecule has 0 amide bonds. The maximum Gasteiger partial charge on any atom is 0.342 e. The van der Waals surface area contributed by atoms with E-state index < -0.39 is 36.0 Å². The summed E-state index contributed by atoms with van der Waals surface area (Å²) >= 11 is 0. The van der Waals surface area contributed by atoms with E-state index in [4.69, 9.17) is 28.4 Å². The van der Waals surface area contributed by atoms with Gasteiger partial charge in [-0.15, -0.1) is 0 Å². The van der Waals surface area contributed by atoms with Crippen molar-refractivity contribution >= 4 is 18.0 Å². The predicted molar refractivity (Wildman–Crippen MR) is 154 cm³/mol. The van der Waals surface area contributed by atoms with Gasteiger partial charge in [0.05, 0.1) is 17.8 Å². The lowest BCUT2D eigenvalue weighted by atomic mass is 10.0. The van der Waals surface area contributed by atoms with Gasteiger partial charge in [0.25, 0.3) is 0 Å². The fourth-order valence-corrected chi connectivity index (χ4v) is 4.39. The molecule has 0 aromatic heterocycles. The highest BCUT2D eigenvalue weighted by atomic mass is 16.8. The Kier molecular flexibility index (Phi) is 11.5. The van der Waals surface area contributed by atoms with Gasteiger partial charge in [0.15, 0.2) is 12.6 Å². The number of allylic oxidation sites excluding steroid dienone is 1. The van der Waals surface area contributed by atoms with Gasteiger partial charge in [-0.3, -0.25) is 0 Å². The van der Waals surface area contributed by atoms with Crippen LogP contribution in [0.5, 0.6) is 11.5 Å². The van der Waals surface area contributed by atoms with Crippen molar-refractivity contribution in [2.45, 2.75) is 77.7 Å². The van der Waals surface area contributed by atoms with Crippen LogP contribution in [-0.2, 0) is 23.7 Å². The van der Waals surface area contributed by atoms with Gasteiger partial charge >= 0.3 is 11.9 Å². The van der Waals surface area contributed by atoms with Gasteiger partial charge in [-0.25, -0.2) is 9.59 Å². The Labute approximate surface area is 241 Å². The number of phenolic OH excluding ortho intramolecular Hbond substituents is 1. The highest BCUT2D eigenvalue weighted by Gasteiger charge is 2.45. The number of carbonyl (C=O) groups excluding carboxylic acids is 2. The van der Waals surface area contributed by atoms with E-state index in [2.05, 4.69) is 0 Å². The van der Waals surface area contributed by atoms with Crippen LogP contribution in [-0.4, -0.2) is 61.2 Å². The third-order valence-electron chi connectivity index (χ3n) is 6.02. The van der Waals surface area contributed by atoms with Crippen molar-refractivity contribution < 1.29 is 43.1 Å². The molecular formula is C32H40O9. The SMILES string of the molecule is CC/C=C\C(OC(=O)c1ccccc1)[C@H]1OC(C)(C)O[C@H]1C/C=C/c1cc(O)cc(OCOC)c1C(=O)OC(C)C. The minimum absolute atomic E-state index is 0.0890. The molecule has 2 aromatic rings. The van der Waals surface area contributed by atoms with Gasteiger partial charge in [-0.1, -0.05) is 43.4 Å². The summed E-state index contributed by atoms with van der Waals surface area (Å²) in [6, 6.07) is 11.6. The Balaban J connectivity index is 1.88. The maximum atomic E-state index is 13.0. The number of rotatable bonds is 13. The summed E-state index contributed by atoms with van der Waals surface area (Å²) in [6.07, 6.45) is 6.21. The number of ether oxygens (including phenoxy) is 6. The fourth-order valence-electron chi connectivity index (χ4n) is 4.39. The Bertz CT molecular complexity index is 1220. The van der Waals surface area contributed by atoms with E-state index in [9.17, 15) is 14.7 Å². The quantitative estimate of drug-likeness (QED) is 0.175. The molecule has 2 aromatic carbocycles.